The van der Waals surface area contributed by atoms with E-state index in [1.807, 2.05) is 34.6 Å². The molecule has 5 N–H and O–H groups in total. The molecule has 1 aliphatic heterocycles. The van der Waals surface area contributed by atoms with Gasteiger partial charge in [0.05, 0.1) is 12.6 Å². The van der Waals surface area contributed by atoms with E-state index in [9.17, 15) is 28.8 Å². The molecule has 1 saturated heterocycles. The summed E-state index contributed by atoms with van der Waals surface area (Å²) in [6.07, 6.45) is 2.75. The predicted octanol–water partition coefficient (Wildman–Crippen LogP) is 0.748. The molecule has 0 aromatic carbocycles. The van der Waals surface area contributed by atoms with Gasteiger partial charge in [0.25, 0.3) is 5.91 Å². The van der Waals surface area contributed by atoms with Gasteiger partial charge in [0.15, 0.2) is 5.78 Å². The summed E-state index contributed by atoms with van der Waals surface area (Å²) in [5.74, 6) is -3.22. The number of primary amides is 1. The second-order valence-electron chi connectivity index (χ2n) is 13.0. The molecular formula is C27H43N5O6. The Morgan fingerprint density at radius 1 is 1.03 bits per heavy atom. The molecule has 0 spiro atoms. The van der Waals surface area contributed by atoms with E-state index in [1.54, 1.807) is 13.8 Å². The zero-order chi connectivity index (χ0) is 28.7. The van der Waals surface area contributed by atoms with Crippen molar-refractivity contribution in [2.45, 2.75) is 85.9 Å². The van der Waals surface area contributed by atoms with Crippen LogP contribution in [0.3, 0.4) is 0 Å². The van der Waals surface area contributed by atoms with Gasteiger partial charge >= 0.3 is 6.03 Å². The zero-order valence-electron chi connectivity index (χ0n) is 23.6. The maximum Gasteiger partial charge on any atom is 0.316 e. The number of urea groups is 1. The minimum absolute atomic E-state index is 0.0346. The van der Waals surface area contributed by atoms with Crippen molar-refractivity contribution in [1.82, 2.24) is 20.9 Å². The lowest BCUT2D eigenvalue weighted by Gasteiger charge is -2.38. The number of nitrogens with one attached hydrogen (secondary N) is 3. The molecule has 1 unspecified atom stereocenters. The third-order valence-electron chi connectivity index (χ3n) is 8.63. The van der Waals surface area contributed by atoms with Gasteiger partial charge in [0, 0.05) is 12.5 Å². The Hall–Kier alpha value is -2.98. The molecule has 0 aromatic heterocycles. The average molecular weight is 534 g/mol. The summed E-state index contributed by atoms with van der Waals surface area (Å²) in [6, 6.07) is -3.02. The summed E-state index contributed by atoms with van der Waals surface area (Å²) in [6.45, 7) is 12.9. The number of piperidine rings is 1. The summed E-state index contributed by atoms with van der Waals surface area (Å²) in [4.78, 5) is 77.2. The molecule has 3 rings (SSSR count). The Bertz CT molecular complexity index is 1010. The van der Waals surface area contributed by atoms with Crippen LogP contribution < -0.4 is 21.7 Å². The van der Waals surface area contributed by atoms with Crippen LogP contribution in [0.4, 0.5) is 4.79 Å². The van der Waals surface area contributed by atoms with Gasteiger partial charge in [-0.1, -0.05) is 54.9 Å². The van der Waals surface area contributed by atoms with E-state index < -0.39 is 59.6 Å². The number of carbonyl (C=O) groups is 6. The van der Waals surface area contributed by atoms with Gasteiger partial charge in [-0.25, -0.2) is 4.79 Å². The standard InChI is InChI=1S/C27H43N5O6/c1-13(2)20(34)18(14-9-8-10-14)30-25(38)31-21(26(3,4)5)24(37)32-12-15-17(27(15,6)7)19(32)23(36)29-11-16(33)22(28)35/h13-15,17-19,21H,8-12H2,1-7H3,(H2,28,35)(H,29,36)(H2,30,31,38)/t15?,17-,18-,19-,21+/m0/s1. The Kier molecular flexibility index (Phi) is 8.29. The largest absolute Gasteiger partial charge is 0.363 e. The van der Waals surface area contributed by atoms with Crippen LogP contribution in [0.2, 0.25) is 0 Å². The molecule has 11 heteroatoms. The van der Waals surface area contributed by atoms with Crippen molar-refractivity contribution in [2.75, 3.05) is 13.1 Å². The lowest BCUT2D eigenvalue weighted by Crippen LogP contribution is -2.62. The third-order valence-corrected chi connectivity index (χ3v) is 8.63. The van der Waals surface area contributed by atoms with Gasteiger partial charge in [-0.15, -0.1) is 0 Å². The molecule has 212 valence electrons. The van der Waals surface area contributed by atoms with Crippen LogP contribution >= 0.6 is 0 Å². The number of rotatable bonds is 10. The number of amides is 5. The molecule has 1 heterocycles. The first-order chi connectivity index (χ1) is 17.5. The fraction of sp³-hybridized carbons (Fsp3) is 0.778. The van der Waals surface area contributed by atoms with Crippen molar-refractivity contribution in [3.05, 3.63) is 0 Å². The van der Waals surface area contributed by atoms with E-state index in [0.717, 1.165) is 19.3 Å². The summed E-state index contributed by atoms with van der Waals surface area (Å²) in [5, 5.41) is 8.08. The number of likely N-dealkylation sites (tertiary alicyclic amines) is 1. The fourth-order valence-electron chi connectivity index (χ4n) is 5.85. The highest BCUT2D eigenvalue weighted by Crippen LogP contribution is 2.65. The number of carbonyl (C=O) groups excluding carboxylic acids is 6. The molecule has 0 bridgehead atoms. The summed E-state index contributed by atoms with van der Waals surface area (Å²) in [5.41, 5.74) is 4.13. The normalized spacial score (nSPS) is 25.5. The lowest BCUT2D eigenvalue weighted by molar-refractivity contribution is -0.144. The SMILES string of the molecule is CC(C)C(=O)[C@@H](NC(=O)N[C@H](C(=O)N1CC2[C@@H]([C@H]1C(=O)NCC(=O)C(N)=O)C2(C)C)C(C)(C)C)C1CCC1. The summed E-state index contributed by atoms with van der Waals surface area (Å²) in [7, 11) is 0. The highest BCUT2D eigenvalue weighted by atomic mass is 16.2. The predicted molar refractivity (Wildman–Crippen MR) is 139 cm³/mol. The van der Waals surface area contributed by atoms with Crippen molar-refractivity contribution in [3.8, 4) is 0 Å². The van der Waals surface area contributed by atoms with E-state index in [2.05, 4.69) is 16.0 Å². The first-order valence-electron chi connectivity index (χ1n) is 13.5. The van der Waals surface area contributed by atoms with Gasteiger partial charge < -0.3 is 26.6 Å². The number of hydrogen-bond acceptors (Lipinski definition) is 6. The lowest BCUT2D eigenvalue weighted by atomic mass is 9.76. The van der Waals surface area contributed by atoms with E-state index in [0.29, 0.717) is 6.54 Å². The van der Waals surface area contributed by atoms with E-state index in [-0.39, 0.29) is 34.9 Å². The minimum Gasteiger partial charge on any atom is -0.363 e. The maximum absolute atomic E-state index is 13.9. The first kappa shape index (κ1) is 29.6. The van der Waals surface area contributed by atoms with Crippen LogP contribution in [-0.2, 0) is 24.0 Å². The highest BCUT2D eigenvalue weighted by molar-refractivity contribution is 6.36. The van der Waals surface area contributed by atoms with Gasteiger partial charge in [0.1, 0.15) is 12.1 Å². The molecule has 5 amide bonds. The van der Waals surface area contributed by atoms with Gasteiger partial charge in [-0.2, -0.15) is 0 Å². The molecular weight excluding hydrogens is 490 g/mol. The Morgan fingerprint density at radius 2 is 1.63 bits per heavy atom. The molecule has 3 fully saturated rings. The smallest absolute Gasteiger partial charge is 0.316 e. The Morgan fingerprint density at radius 3 is 2.11 bits per heavy atom. The molecule has 38 heavy (non-hydrogen) atoms. The molecule has 2 saturated carbocycles. The van der Waals surface area contributed by atoms with E-state index in [1.165, 1.54) is 4.90 Å². The second-order valence-corrected chi connectivity index (χ2v) is 13.0. The van der Waals surface area contributed by atoms with Gasteiger partial charge in [0.2, 0.25) is 17.6 Å². The number of hydrogen-bond donors (Lipinski definition) is 4. The van der Waals surface area contributed by atoms with Crippen molar-refractivity contribution in [3.63, 3.8) is 0 Å². The molecule has 0 aromatic rings. The van der Waals surface area contributed by atoms with E-state index in [4.69, 9.17) is 5.73 Å². The number of ketones is 2. The molecule has 11 nitrogen and oxygen atoms in total. The Labute approximate surface area is 224 Å². The average Bonchev–Trinajstić information content (AvgIpc) is 3.11. The first-order valence-corrected chi connectivity index (χ1v) is 13.5. The molecule has 5 atom stereocenters. The quantitative estimate of drug-likeness (QED) is 0.302. The van der Waals surface area contributed by atoms with Crippen LogP contribution in [0.15, 0.2) is 0 Å². The van der Waals surface area contributed by atoms with Crippen molar-refractivity contribution >= 4 is 35.3 Å². The van der Waals surface area contributed by atoms with Crippen LogP contribution in [0.25, 0.3) is 0 Å². The van der Waals surface area contributed by atoms with Crippen LogP contribution in [-0.4, -0.2) is 71.4 Å². The highest BCUT2D eigenvalue weighted by Gasteiger charge is 2.69. The van der Waals surface area contributed by atoms with Gasteiger partial charge in [-0.3, -0.25) is 24.0 Å². The van der Waals surface area contributed by atoms with Crippen molar-refractivity contribution < 1.29 is 28.8 Å². The van der Waals surface area contributed by atoms with Crippen LogP contribution in [0, 0.1) is 34.5 Å². The summed E-state index contributed by atoms with van der Waals surface area (Å²) < 4.78 is 0. The topological polar surface area (TPSA) is 168 Å². The third kappa shape index (κ3) is 5.86. The minimum atomic E-state index is -1.14. The molecule has 3 aliphatic rings. The van der Waals surface area contributed by atoms with Gasteiger partial charge in [-0.05, 0) is 41.4 Å². The number of Topliss-reactive ketones (excluding diaryl/α,β-unsaturated/α-hetero) is 2. The number of nitrogens with zero attached hydrogens (tertiary/aromatic N) is 1. The number of fused-ring (bicyclic) bond motifs is 1. The van der Waals surface area contributed by atoms with Crippen molar-refractivity contribution in [1.29, 1.82) is 0 Å². The molecule has 2 aliphatic carbocycles. The van der Waals surface area contributed by atoms with Crippen molar-refractivity contribution in [2.24, 2.45) is 40.2 Å². The van der Waals surface area contributed by atoms with Crippen LogP contribution in [0.5, 0.6) is 0 Å². The van der Waals surface area contributed by atoms with Crippen LogP contribution in [0.1, 0.15) is 67.7 Å². The summed E-state index contributed by atoms with van der Waals surface area (Å²) >= 11 is 0. The zero-order valence-corrected chi connectivity index (χ0v) is 23.6. The fourth-order valence-corrected chi connectivity index (χ4v) is 5.85. The monoisotopic (exact) mass is 533 g/mol. The van der Waals surface area contributed by atoms with E-state index >= 15 is 0 Å². The number of nitrogens with two attached hydrogens (primary N) is 1. The molecule has 0 radical (unpaired) electrons. The Balaban J connectivity index is 1.77. The second kappa shape index (κ2) is 10.6. The maximum atomic E-state index is 13.9.